The molecule has 0 atom stereocenters. The molecule has 2 rings (SSSR count). The smallest absolute Gasteiger partial charge is 0.272 e. The zero-order chi connectivity index (χ0) is 15.8. The normalized spacial score (nSPS) is 10.3. The van der Waals surface area contributed by atoms with Crippen LogP contribution in [-0.4, -0.2) is 34.7 Å². The van der Waals surface area contributed by atoms with E-state index in [1.54, 1.807) is 18.5 Å². The number of amides is 1. The number of pyridine rings is 1. The molecule has 0 aliphatic heterocycles. The van der Waals surface area contributed by atoms with Crippen LogP contribution in [0.2, 0.25) is 0 Å². The first kappa shape index (κ1) is 15.9. The summed E-state index contributed by atoms with van der Waals surface area (Å²) < 4.78 is 0. The van der Waals surface area contributed by atoms with E-state index in [0.29, 0.717) is 12.2 Å². The summed E-state index contributed by atoms with van der Waals surface area (Å²) >= 11 is 0. The highest BCUT2D eigenvalue weighted by Gasteiger charge is 2.09. The molecule has 0 fully saturated rings. The molecule has 0 aliphatic rings. The number of carbonyl (C=O) groups is 1. The van der Waals surface area contributed by atoms with Crippen molar-refractivity contribution >= 4 is 11.7 Å². The SMILES string of the molecule is CCCCN(C)c1ccc(C(=O)NCc2cccnc2)nn1. The lowest BCUT2D eigenvalue weighted by Gasteiger charge is -2.16. The number of anilines is 1. The Morgan fingerprint density at radius 2 is 2.14 bits per heavy atom. The van der Waals surface area contributed by atoms with Gasteiger partial charge in [-0.15, -0.1) is 10.2 Å². The summed E-state index contributed by atoms with van der Waals surface area (Å²) in [6.45, 7) is 3.50. The van der Waals surface area contributed by atoms with Crippen LogP contribution in [0.5, 0.6) is 0 Å². The molecule has 116 valence electrons. The number of carbonyl (C=O) groups excluding carboxylic acids is 1. The molecular weight excluding hydrogens is 278 g/mol. The van der Waals surface area contributed by atoms with E-state index >= 15 is 0 Å². The van der Waals surface area contributed by atoms with Crippen molar-refractivity contribution in [2.24, 2.45) is 0 Å². The second-order valence-corrected chi connectivity index (χ2v) is 5.10. The number of unbranched alkanes of at least 4 members (excludes halogenated alkanes) is 1. The minimum Gasteiger partial charge on any atom is -0.358 e. The molecule has 0 bridgehead atoms. The predicted octanol–water partition coefficient (Wildman–Crippen LogP) is 2.04. The van der Waals surface area contributed by atoms with Crippen LogP contribution in [0.15, 0.2) is 36.7 Å². The fourth-order valence-corrected chi connectivity index (χ4v) is 1.94. The third-order valence-corrected chi connectivity index (χ3v) is 3.30. The lowest BCUT2D eigenvalue weighted by Crippen LogP contribution is -2.25. The third kappa shape index (κ3) is 4.51. The molecule has 1 amide bonds. The Labute approximate surface area is 130 Å². The summed E-state index contributed by atoms with van der Waals surface area (Å²) in [5, 5.41) is 10.9. The number of hydrogen-bond acceptors (Lipinski definition) is 5. The van der Waals surface area contributed by atoms with Gasteiger partial charge in [0.05, 0.1) is 0 Å². The maximum absolute atomic E-state index is 12.0. The van der Waals surface area contributed by atoms with E-state index in [2.05, 4.69) is 27.4 Å². The molecule has 6 heteroatoms. The summed E-state index contributed by atoms with van der Waals surface area (Å²) in [5.74, 6) is 0.538. The van der Waals surface area contributed by atoms with Gasteiger partial charge in [-0.25, -0.2) is 0 Å². The Kier molecular flexibility index (Phi) is 5.82. The molecule has 2 aromatic heterocycles. The van der Waals surface area contributed by atoms with Crippen molar-refractivity contribution < 1.29 is 4.79 Å². The molecule has 0 aromatic carbocycles. The number of nitrogens with zero attached hydrogens (tertiary/aromatic N) is 4. The third-order valence-electron chi connectivity index (χ3n) is 3.30. The Balaban J connectivity index is 1.90. The van der Waals surface area contributed by atoms with E-state index in [0.717, 1.165) is 30.8 Å². The molecule has 0 saturated heterocycles. The summed E-state index contributed by atoms with van der Waals surface area (Å²) in [5.41, 5.74) is 1.26. The predicted molar refractivity (Wildman–Crippen MR) is 85.6 cm³/mol. The van der Waals surface area contributed by atoms with Crippen molar-refractivity contribution in [2.45, 2.75) is 26.3 Å². The van der Waals surface area contributed by atoms with Crippen molar-refractivity contribution in [3.05, 3.63) is 47.9 Å². The summed E-state index contributed by atoms with van der Waals surface area (Å²) in [4.78, 5) is 18.1. The van der Waals surface area contributed by atoms with Gasteiger partial charge >= 0.3 is 0 Å². The average molecular weight is 299 g/mol. The Morgan fingerprint density at radius 1 is 1.27 bits per heavy atom. The number of nitrogens with one attached hydrogen (secondary N) is 1. The van der Waals surface area contributed by atoms with E-state index in [1.165, 1.54) is 0 Å². The van der Waals surface area contributed by atoms with Crippen LogP contribution in [0.3, 0.4) is 0 Å². The van der Waals surface area contributed by atoms with Crippen molar-refractivity contribution in [1.82, 2.24) is 20.5 Å². The Bertz CT molecular complexity index is 585. The molecule has 0 aliphatic carbocycles. The number of rotatable bonds is 7. The fourth-order valence-electron chi connectivity index (χ4n) is 1.94. The highest BCUT2D eigenvalue weighted by atomic mass is 16.1. The molecule has 6 nitrogen and oxygen atoms in total. The standard InChI is InChI=1S/C16H21N5O/c1-3-4-10-21(2)15-8-7-14(19-20-15)16(22)18-12-13-6-5-9-17-11-13/h5-9,11H,3-4,10,12H2,1-2H3,(H,18,22). The maximum Gasteiger partial charge on any atom is 0.272 e. The fraction of sp³-hybridized carbons (Fsp3) is 0.375. The molecule has 1 N–H and O–H groups in total. The number of hydrogen-bond donors (Lipinski definition) is 1. The quantitative estimate of drug-likeness (QED) is 0.847. The highest BCUT2D eigenvalue weighted by Crippen LogP contribution is 2.08. The Hall–Kier alpha value is -2.50. The molecule has 0 radical (unpaired) electrons. The summed E-state index contributed by atoms with van der Waals surface area (Å²) in [7, 11) is 1.97. The second-order valence-electron chi connectivity index (χ2n) is 5.10. The van der Waals surface area contributed by atoms with Crippen LogP contribution in [0.4, 0.5) is 5.82 Å². The molecule has 0 saturated carbocycles. The number of aromatic nitrogens is 3. The van der Waals surface area contributed by atoms with E-state index in [-0.39, 0.29) is 5.91 Å². The van der Waals surface area contributed by atoms with Gasteiger partial charge in [-0.1, -0.05) is 19.4 Å². The topological polar surface area (TPSA) is 71.0 Å². The average Bonchev–Trinajstić information content (AvgIpc) is 2.58. The van der Waals surface area contributed by atoms with Gasteiger partial charge in [-0.3, -0.25) is 9.78 Å². The molecule has 2 heterocycles. The van der Waals surface area contributed by atoms with Crippen LogP contribution in [0.25, 0.3) is 0 Å². The zero-order valence-corrected chi connectivity index (χ0v) is 13.0. The van der Waals surface area contributed by atoms with Gasteiger partial charge in [-0.05, 0) is 30.2 Å². The van der Waals surface area contributed by atoms with E-state index < -0.39 is 0 Å². The molecule has 0 unspecified atom stereocenters. The first-order chi connectivity index (χ1) is 10.7. The minimum absolute atomic E-state index is 0.237. The van der Waals surface area contributed by atoms with Gasteiger partial charge in [0, 0.05) is 32.5 Å². The molecule has 22 heavy (non-hydrogen) atoms. The van der Waals surface area contributed by atoms with Crippen LogP contribution < -0.4 is 10.2 Å². The first-order valence-electron chi connectivity index (χ1n) is 7.42. The minimum atomic E-state index is -0.237. The van der Waals surface area contributed by atoms with Crippen molar-refractivity contribution in [3.8, 4) is 0 Å². The van der Waals surface area contributed by atoms with Gasteiger partial charge < -0.3 is 10.2 Å². The summed E-state index contributed by atoms with van der Waals surface area (Å²) in [6, 6.07) is 7.26. The van der Waals surface area contributed by atoms with Crippen LogP contribution >= 0.6 is 0 Å². The maximum atomic E-state index is 12.0. The van der Waals surface area contributed by atoms with Gasteiger partial charge in [0.2, 0.25) is 0 Å². The Morgan fingerprint density at radius 3 is 2.77 bits per heavy atom. The largest absolute Gasteiger partial charge is 0.358 e. The van der Waals surface area contributed by atoms with Gasteiger partial charge in [0.15, 0.2) is 11.5 Å². The molecular formula is C16H21N5O. The van der Waals surface area contributed by atoms with Gasteiger partial charge in [0.1, 0.15) is 0 Å². The first-order valence-corrected chi connectivity index (χ1v) is 7.42. The monoisotopic (exact) mass is 299 g/mol. The lowest BCUT2D eigenvalue weighted by molar-refractivity contribution is 0.0945. The van der Waals surface area contributed by atoms with Gasteiger partial charge in [-0.2, -0.15) is 0 Å². The van der Waals surface area contributed by atoms with E-state index in [4.69, 9.17) is 0 Å². The second kappa shape index (κ2) is 8.07. The lowest BCUT2D eigenvalue weighted by atomic mass is 10.3. The van der Waals surface area contributed by atoms with Crippen LogP contribution in [0.1, 0.15) is 35.8 Å². The van der Waals surface area contributed by atoms with E-state index in [1.807, 2.05) is 30.1 Å². The van der Waals surface area contributed by atoms with Crippen LogP contribution in [-0.2, 0) is 6.54 Å². The zero-order valence-electron chi connectivity index (χ0n) is 13.0. The van der Waals surface area contributed by atoms with Crippen molar-refractivity contribution in [3.63, 3.8) is 0 Å². The van der Waals surface area contributed by atoms with Crippen molar-refractivity contribution in [1.29, 1.82) is 0 Å². The van der Waals surface area contributed by atoms with Gasteiger partial charge in [0.25, 0.3) is 5.91 Å². The van der Waals surface area contributed by atoms with E-state index in [9.17, 15) is 4.79 Å². The summed E-state index contributed by atoms with van der Waals surface area (Å²) in [6.07, 6.45) is 5.65. The van der Waals surface area contributed by atoms with Crippen LogP contribution in [0, 0.1) is 0 Å². The molecule has 0 spiro atoms. The van der Waals surface area contributed by atoms with Crippen molar-refractivity contribution in [2.75, 3.05) is 18.5 Å². The molecule has 2 aromatic rings. The highest BCUT2D eigenvalue weighted by molar-refractivity contribution is 5.92.